The molecule has 8 heteroatoms. The van der Waals surface area contributed by atoms with Crippen LogP contribution < -0.4 is 10.6 Å². The van der Waals surface area contributed by atoms with Crippen LogP contribution in [0.25, 0.3) is 0 Å². The normalized spacial score (nSPS) is 11.9. The second-order valence-electron chi connectivity index (χ2n) is 3.93. The number of anilines is 1. The maximum Gasteiger partial charge on any atom is 0.319 e. The molecule has 0 bridgehead atoms. The molecule has 1 atom stereocenters. The van der Waals surface area contributed by atoms with Gasteiger partial charge in [-0.1, -0.05) is 17.3 Å². The summed E-state index contributed by atoms with van der Waals surface area (Å²) >= 11 is 0. The van der Waals surface area contributed by atoms with E-state index in [1.54, 1.807) is 31.2 Å². The van der Waals surface area contributed by atoms with Gasteiger partial charge in [-0.25, -0.2) is 4.79 Å². The van der Waals surface area contributed by atoms with Gasteiger partial charge in [-0.05, 0) is 24.6 Å². The predicted molar refractivity (Wildman–Crippen MR) is 67.1 cm³/mol. The zero-order chi connectivity index (χ0) is 13.7. The summed E-state index contributed by atoms with van der Waals surface area (Å²) in [4.78, 5) is 11.6. The maximum atomic E-state index is 11.6. The predicted octanol–water partition coefficient (Wildman–Crippen LogP) is 0.575. The first-order valence-corrected chi connectivity index (χ1v) is 5.70. The first-order valence-electron chi connectivity index (χ1n) is 5.70. The monoisotopic (exact) mass is 262 g/mol. The number of nitrogens with zero attached hydrogens (tertiary/aromatic N) is 3. The molecule has 8 nitrogen and oxygen atoms in total. The van der Waals surface area contributed by atoms with Crippen LogP contribution in [-0.4, -0.2) is 31.8 Å². The molecule has 0 aliphatic carbocycles. The molecular formula is C11H14N6O2. The van der Waals surface area contributed by atoms with Gasteiger partial charge < -0.3 is 15.7 Å². The number of carbonyl (C=O) groups is 1. The molecule has 0 radical (unpaired) electrons. The minimum atomic E-state index is -0.527. The summed E-state index contributed by atoms with van der Waals surface area (Å²) in [7, 11) is 0. The molecule has 0 spiro atoms. The Labute approximate surface area is 109 Å². The van der Waals surface area contributed by atoms with Gasteiger partial charge in [0.05, 0.1) is 12.6 Å². The van der Waals surface area contributed by atoms with Gasteiger partial charge in [0, 0.05) is 5.69 Å². The number of urea groups is 1. The summed E-state index contributed by atoms with van der Waals surface area (Å²) < 4.78 is 0. The number of hydrogen-bond donors (Lipinski definition) is 4. The van der Waals surface area contributed by atoms with Crippen LogP contribution >= 0.6 is 0 Å². The number of aliphatic hydroxyl groups is 1. The van der Waals surface area contributed by atoms with Crippen molar-refractivity contribution in [3.8, 4) is 0 Å². The molecule has 1 aromatic carbocycles. The van der Waals surface area contributed by atoms with Crippen LogP contribution in [0.3, 0.4) is 0 Å². The molecule has 2 aromatic rings. The summed E-state index contributed by atoms with van der Waals surface area (Å²) in [5.74, 6) is 0.402. The Bertz CT molecular complexity index is 523. The van der Waals surface area contributed by atoms with E-state index >= 15 is 0 Å². The number of amides is 2. The van der Waals surface area contributed by atoms with Gasteiger partial charge in [0.1, 0.15) is 0 Å². The molecule has 19 heavy (non-hydrogen) atoms. The standard InChI is InChI=1S/C11H14N6O2/c1-7(18)8-2-4-9(5-3-8)13-11(19)12-6-10-14-16-17-15-10/h2-5,7,18H,6H2,1H3,(H2,12,13,19)(H,14,15,16,17). The van der Waals surface area contributed by atoms with E-state index in [2.05, 4.69) is 31.3 Å². The van der Waals surface area contributed by atoms with Crippen molar-refractivity contribution in [2.24, 2.45) is 0 Å². The lowest BCUT2D eigenvalue weighted by molar-refractivity contribution is 0.199. The Balaban J connectivity index is 1.84. The van der Waals surface area contributed by atoms with Crippen LogP contribution in [0, 0.1) is 0 Å². The van der Waals surface area contributed by atoms with Crippen LogP contribution in [0.4, 0.5) is 10.5 Å². The van der Waals surface area contributed by atoms with E-state index in [1.165, 1.54) is 0 Å². The first-order chi connectivity index (χ1) is 9.15. The lowest BCUT2D eigenvalue weighted by atomic mass is 10.1. The van der Waals surface area contributed by atoms with E-state index in [0.29, 0.717) is 11.5 Å². The molecular weight excluding hydrogens is 248 g/mol. The fraction of sp³-hybridized carbons (Fsp3) is 0.273. The van der Waals surface area contributed by atoms with Crippen molar-refractivity contribution in [1.29, 1.82) is 0 Å². The number of tetrazole rings is 1. The highest BCUT2D eigenvalue weighted by atomic mass is 16.3. The van der Waals surface area contributed by atoms with Crippen LogP contribution in [0.15, 0.2) is 24.3 Å². The number of aliphatic hydroxyl groups excluding tert-OH is 1. The van der Waals surface area contributed by atoms with E-state index in [0.717, 1.165) is 5.56 Å². The van der Waals surface area contributed by atoms with Crippen molar-refractivity contribution in [1.82, 2.24) is 25.9 Å². The number of aromatic nitrogens is 4. The smallest absolute Gasteiger partial charge is 0.319 e. The minimum absolute atomic E-state index is 0.189. The highest BCUT2D eigenvalue weighted by Gasteiger charge is 2.05. The summed E-state index contributed by atoms with van der Waals surface area (Å²) in [5.41, 5.74) is 1.42. The third kappa shape index (κ3) is 3.75. The van der Waals surface area contributed by atoms with Crippen LogP contribution in [0.1, 0.15) is 24.4 Å². The van der Waals surface area contributed by atoms with E-state index in [9.17, 15) is 9.90 Å². The third-order valence-electron chi connectivity index (χ3n) is 2.45. The zero-order valence-corrected chi connectivity index (χ0v) is 10.3. The minimum Gasteiger partial charge on any atom is -0.389 e. The second kappa shape index (κ2) is 5.91. The van der Waals surface area contributed by atoms with E-state index in [-0.39, 0.29) is 12.6 Å². The zero-order valence-electron chi connectivity index (χ0n) is 10.3. The quantitative estimate of drug-likeness (QED) is 0.643. The van der Waals surface area contributed by atoms with Crippen LogP contribution in [0.2, 0.25) is 0 Å². The number of benzene rings is 1. The molecule has 1 unspecified atom stereocenters. The molecule has 0 aliphatic rings. The van der Waals surface area contributed by atoms with Crippen molar-refractivity contribution in [3.05, 3.63) is 35.7 Å². The fourth-order valence-electron chi connectivity index (χ4n) is 1.44. The van der Waals surface area contributed by atoms with Gasteiger partial charge in [0.25, 0.3) is 0 Å². The maximum absolute atomic E-state index is 11.6. The summed E-state index contributed by atoms with van der Waals surface area (Å²) in [6, 6.07) is 6.57. The van der Waals surface area contributed by atoms with Gasteiger partial charge in [-0.2, -0.15) is 5.21 Å². The third-order valence-corrected chi connectivity index (χ3v) is 2.45. The molecule has 4 N–H and O–H groups in total. The molecule has 0 saturated heterocycles. The topological polar surface area (TPSA) is 116 Å². The number of nitrogens with one attached hydrogen (secondary N) is 3. The van der Waals surface area contributed by atoms with Crippen molar-refractivity contribution in [3.63, 3.8) is 0 Å². The van der Waals surface area contributed by atoms with E-state index in [4.69, 9.17) is 0 Å². The Morgan fingerprint density at radius 3 is 2.74 bits per heavy atom. The van der Waals surface area contributed by atoms with Crippen molar-refractivity contribution in [2.45, 2.75) is 19.6 Å². The SMILES string of the molecule is CC(O)c1ccc(NC(=O)NCc2nn[nH]n2)cc1. The average molecular weight is 262 g/mol. The fourth-order valence-corrected chi connectivity index (χ4v) is 1.44. The second-order valence-corrected chi connectivity index (χ2v) is 3.93. The van der Waals surface area contributed by atoms with Crippen molar-refractivity contribution in [2.75, 3.05) is 5.32 Å². The van der Waals surface area contributed by atoms with Gasteiger partial charge in [0.15, 0.2) is 5.82 Å². The highest BCUT2D eigenvalue weighted by molar-refractivity contribution is 5.89. The Hall–Kier alpha value is -2.48. The van der Waals surface area contributed by atoms with Gasteiger partial charge >= 0.3 is 6.03 Å². The summed E-state index contributed by atoms with van der Waals surface area (Å²) in [5, 5.41) is 27.7. The lowest BCUT2D eigenvalue weighted by Gasteiger charge is -2.08. The Morgan fingerprint density at radius 1 is 1.42 bits per heavy atom. The Kier molecular flexibility index (Phi) is 4.04. The van der Waals surface area contributed by atoms with Gasteiger partial charge in [0.2, 0.25) is 0 Å². The van der Waals surface area contributed by atoms with E-state index < -0.39 is 6.10 Å². The summed E-state index contributed by atoms with van der Waals surface area (Å²) in [6.07, 6.45) is -0.527. The highest BCUT2D eigenvalue weighted by Crippen LogP contribution is 2.15. The molecule has 100 valence electrons. The molecule has 0 aliphatic heterocycles. The average Bonchev–Trinajstić information content (AvgIpc) is 2.90. The van der Waals surface area contributed by atoms with Crippen LogP contribution in [0.5, 0.6) is 0 Å². The number of hydrogen-bond acceptors (Lipinski definition) is 5. The molecule has 2 amide bonds. The number of aromatic amines is 1. The largest absolute Gasteiger partial charge is 0.389 e. The molecule has 0 saturated carbocycles. The van der Waals surface area contributed by atoms with Gasteiger partial charge in [-0.3, -0.25) is 0 Å². The molecule has 1 heterocycles. The van der Waals surface area contributed by atoms with Crippen LogP contribution in [-0.2, 0) is 6.54 Å². The number of carbonyl (C=O) groups excluding carboxylic acids is 1. The Morgan fingerprint density at radius 2 is 2.16 bits per heavy atom. The number of rotatable bonds is 4. The summed E-state index contributed by atoms with van der Waals surface area (Å²) in [6.45, 7) is 1.87. The van der Waals surface area contributed by atoms with Gasteiger partial charge in [-0.15, -0.1) is 10.2 Å². The lowest BCUT2D eigenvalue weighted by Crippen LogP contribution is -2.28. The molecule has 0 fully saturated rings. The van der Waals surface area contributed by atoms with Crippen molar-refractivity contribution >= 4 is 11.7 Å². The van der Waals surface area contributed by atoms with Crippen molar-refractivity contribution < 1.29 is 9.90 Å². The van der Waals surface area contributed by atoms with E-state index in [1.807, 2.05) is 0 Å². The number of H-pyrrole nitrogens is 1. The first kappa shape index (κ1) is 13.0. The molecule has 2 rings (SSSR count). The molecule has 1 aromatic heterocycles.